The van der Waals surface area contributed by atoms with Crippen LogP contribution in [0.1, 0.15) is 73.4 Å². The third-order valence-electron chi connectivity index (χ3n) is 7.65. The summed E-state index contributed by atoms with van der Waals surface area (Å²) in [7, 11) is 0. The van der Waals surface area contributed by atoms with Crippen LogP contribution >= 0.6 is 0 Å². The highest BCUT2D eigenvalue weighted by molar-refractivity contribution is 5.90. The van der Waals surface area contributed by atoms with E-state index in [0.29, 0.717) is 29.8 Å². The topological polar surface area (TPSA) is 105 Å². The number of aryl methyl sites for hydroxylation is 1. The molecule has 0 saturated carbocycles. The molecule has 0 bridgehead atoms. The lowest BCUT2D eigenvalue weighted by molar-refractivity contribution is -0.143. The molecule has 47 heavy (non-hydrogen) atoms. The van der Waals surface area contributed by atoms with Crippen LogP contribution in [0.4, 0.5) is 42.8 Å². The van der Waals surface area contributed by atoms with E-state index in [1.54, 1.807) is 25.1 Å². The number of aromatic nitrogens is 2. The Bertz CT molecular complexity index is 1530. The second-order valence-corrected chi connectivity index (χ2v) is 11.1. The van der Waals surface area contributed by atoms with Crippen molar-refractivity contribution < 1.29 is 50.5 Å². The van der Waals surface area contributed by atoms with Crippen LogP contribution in [0.3, 0.4) is 0 Å². The number of halogens is 6. The molecule has 0 saturated heterocycles. The molecular weight excluding hydrogens is 634 g/mol. The maximum atomic E-state index is 13.8. The molecular formula is C32H34F6N4O5. The zero-order valence-corrected chi connectivity index (χ0v) is 25.9. The average Bonchev–Trinajstić information content (AvgIpc) is 3.00. The number of rotatable bonds is 11. The first-order valence-electron chi connectivity index (χ1n) is 14.9. The van der Waals surface area contributed by atoms with Crippen molar-refractivity contribution in [2.45, 2.75) is 77.4 Å². The average molecular weight is 669 g/mol. The minimum absolute atomic E-state index is 0.00856. The number of carbonyl (C=O) groups excluding carboxylic acids is 1. The van der Waals surface area contributed by atoms with Crippen LogP contribution in [-0.2, 0) is 28.4 Å². The number of hydrogen-bond acceptors (Lipinski definition) is 7. The first-order valence-corrected chi connectivity index (χ1v) is 14.9. The maximum Gasteiger partial charge on any atom is 0.416 e. The van der Waals surface area contributed by atoms with Crippen molar-refractivity contribution in [3.63, 3.8) is 0 Å². The van der Waals surface area contributed by atoms with E-state index in [1.165, 1.54) is 22.2 Å². The summed E-state index contributed by atoms with van der Waals surface area (Å²) in [6.07, 6.45) is -7.28. The van der Waals surface area contributed by atoms with Crippen molar-refractivity contribution in [2.24, 2.45) is 0 Å². The molecule has 1 aliphatic heterocycles. The van der Waals surface area contributed by atoms with Gasteiger partial charge in [-0.3, -0.25) is 9.69 Å². The van der Waals surface area contributed by atoms with E-state index in [1.807, 2.05) is 13.8 Å². The van der Waals surface area contributed by atoms with E-state index in [0.717, 1.165) is 5.56 Å². The number of aliphatic carboxylic acids is 1. The van der Waals surface area contributed by atoms with Gasteiger partial charge in [-0.25, -0.2) is 14.8 Å². The fourth-order valence-corrected chi connectivity index (χ4v) is 5.51. The number of hydrogen-bond donors (Lipinski definition) is 1. The van der Waals surface area contributed by atoms with Gasteiger partial charge in [0.2, 0.25) is 5.95 Å². The summed E-state index contributed by atoms with van der Waals surface area (Å²) in [5, 5.41) is 8.83. The third kappa shape index (κ3) is 8.63. The largest absolute Gasteiger partial charge is 0.490 e. The van der Waals surface area contributed by atoms with Crippen molar-refractivity contribution in [3.8, 4) is 5.75 Å². The van der Waals surface area contributed by atoms with Gasteiger partial charge in [-0.2, -0.15) is 26.3 Å². The third-order valence-corrected chi connectivity index (χ3v) is 7.65. The SMILES string of the molecule is CCOC(=O)N1c2ccc(C)cc2[C@@H](N(Cc2cc(C(F)(F)F)cc(C(F)(F)F)c2)c2ncc(OCCCC(=O)O)cn2)C[C@H]1CC. The number of alkyl halides is 6. The summed E-state index contributed by atoms with van der Waals surface area (Å²) in [5.74, 6) is -0.808. The molecule has 1 N–H and O–H groups in total. The summed E-state index contributed by atoms with van der Waals surface area (Å²) >= 11 is 0. The summed E-state index contributed by atoms with van der Waals surface area (Å²) < 4.78 is 93.6. The van der Waals surface area contributed by atoms with Gasteiger partial charge in [0.15, 0.2) is 5.75 Å². The molecule has 1 amide bonds. The van der Waals surface area contributed by atoms with Crippen molar-refractivity contribution in [1.82, 2.24) is 9.97 Å². The molecule has 0 radical (unpaired) electrons. The Morgan fingerprint density at radius 2 is 1.64 bits per heavy atom. The minimum atomic E-state index is -5.04. The number of carboxylic acid groups (broad SMARTS) is 1. The van der Waals surface area contributed by atoms with Crippen molar-refractivity contribution in [2.75, 3.05) is 23.0 Å². The van der Waals surface area contributed by atoms with Gasteiger partial charge in [0.25, 0.3) is 0 Å². The molecule has 1 aromatic heterocycles. The molecule has 3 aromatic rings. The normalized spacial score (nSPS) is 16.4. The number of anilines is 2. The second kappa shape index (κ2) is 14.5. The first-order chi connectivity index (χ1) is 22.1. The molecule has 0 fully saturated rings. The van der Waals surface area contributed by atoms with Gasteiger partial charge in [0.1, 0.15) is 0 Å². The Hall–Kier alpha value is -4.56. The van der Waals surface area contributed by atoms with Gasteiger partial charge in [-0.1, -0.05) is 24.6 Å². The number of nitrogens with zero attached hydrogens (tertiary/aromatic N) is 4. The van der Waals surface area contributed by atoms with Crippen molar-refractivity contribution in [1.29, 1.82) is 0 Å². The number of amides is 1. The van der Waals surface area contributed by atoms with E-state index in [-0.39, 0.29) is 55.8 Å². The summed E-state index contributed by atoms with van der Waals surface area (Å²) in [6.45, 7) is 5.08. The van der Waals surface area contributed by atoms with Crippen LogP contribution in [0.15, 0.2) is 48.8 Å². The number of carbonyl (C=O) groups is 2. The van der Waals surface area contributed by atoms with Crippen LogP contribution in [0, 0.1) is 6.92 Å². The molecule has 0 aliphatic carbocycles. The monoisotopic (exact) mass is 668 g/mol. The Labute approximate surface area is 267 Å². The van der Waals surface area contributed by atoms with Crippen molar-refractivity contribution >= 4 is 23.7 Å². The highest BCUT2D eigenvalue weighted by Crippen LogP contribution is 2.44. The molecule has 0 unspecified atom stereocenters. The van der Waals surface area contributed by atoms with Crippen molar-refractivity contribution in [3.05, 3.63) is 76.6 Å². The predicted molar refractivity (Wildman–Crippen MR) is 159 cm³/mol. The zero-order valence-electron chi connectivity index (χ0n) is 25.9. The van der Waals surface area contributed by atoms with Crippen LogP contribution in [-0.4, -0.2) is 46.4 Å². The molecule has 9 nitrogen and oxygen atoms in total. The maximum absolute atomic E-state index is 13.8. The summed E-state index contributed by atoms with van der Waals surface area (Å²) in [5.41, 5.74) is -1.30. The van der Waals surface area contributed by atoms with Gasteiger partial charge < -0.3 is 19.5 Å². The molecule has 15 heteroatoms. The van der Waals surface area contributed by atoms with E-state index in [2.05, 4.69) is 9.97 Å². The van der Waals surface area contributed by atoms with Crippen LogP contribution in [0.5, 0.6) is 5.75 Å². The summed E-state index contributed by atoms with van der Waals surface area (Å²) in [6, 6.07) is 5.61. The fourth-order valence-electron chi connectivity index (χ4n) is 5.51. The highest BCUT2D eigenvalue weighted by atomic mass is 19.4. The van der Waals surface area contributed by atoms with E-state index in [4.69, 9.17) is 14.6 Å². The summed E-state index contributed by atoms with van der Waals surface area (Å²) in [4.78, 5) is 35.7. The van der Waals surface area contributed by atoms with Crippen LogP contribution in [0.25, 0.3) is 0 Å². The Morgan fingerprint density at radius 3 is 2.19 bits per heavy atom. The van der Waals surface area contributed by atoms with Gasteiger partial charge in [0, 0.05) is 19.0 Å². The Morgan fingerprint density at radius 1 is 1.00 bits per heavy atom. The van der Waals surface area contributed by atoms with Gasteiger partial charge in [0.05, 0.1) is 48.5 Å². The molecule has 0 spiro atoms. The lowest BCUT2D eigenvalue weighted by Crippen LogP contribution is -2.48. The first kappa shape index (κ1) is 35.3. The quantitative estimate of drug-likeness (QED) is 0.162. The molecule has 4 rings (SSSR count). The molecule has 1 aliphatic rings. The number of fused-ring (bicyclic) bond motifs is 1. The van der Waals surface area contributed by atoms with Crippen LogP contribution in [0.2, 0.25) is 0 Å². The smallest absolute Gasteiger partial charge is 0.416 e. The van der Waals surface area contributed by atoms with E-state index < -0.39 is 54.2 Å². The fraction of sp³-hybridized carbons (Fsp3) is 0.438. The molecule has 254 valence electrons. The molecule has 2 aromatic carbocycles. The van der Waals surface area contributed by atoms with Crippen LogP contribution < -0.4 is 14.5 Å². The lowest BCUT2D eigenvalue weighted by atomic mass is 9.87. The molecule has 2 atom stereocenters. The van der Waals surface area contributed by atoms with Gasteiger partial charge >= 0.3 is 24.4 Å². The molecule has 2 heterocycles. The second-order valence-electron chi connectivity index (χ2n) is 11.1. The predicted octanol–water partition coefficient (Wildman–Crippen LogP) is 7.96. The lowest BCUT2D eigenvalue weighted by Gasteiger charge is -2.44. The minimum Gasteiger partial charge on any atom is -0.490 e. The number of benzene rings is 2. The number of carboxylic acids is 1. The number of ether oxygens (including phenoxy) is 2. The van der Waals surface area contributed by atoms with E-state index in [9.17, 15) is 35.9 Å². The van der Waals surface area contributed by atoms with E-state index >= 15 is 0 Å². The zero-order chi connectivity index (χ0) is 34.5. The standard InChI is InChI=1S/C32H34F6N4O5/c1-4-23-15-27(25-11-19(3)8-9-26(25)42(23)30(45)46-5-2)41(29-39-16-24(17-40-29)47-10-6-7-28(43)44)18-20-12-21(31(33,34)35)14-22(13-20)32(36,37)38/h8-9,11-14,16-17,23,27H,4-7,10,15,18H2,1-3H3,(H,43,44)/t23-,27+/m1/s1. The highest BCUT2D eigenvalue weighted by Gasteiger charge is 2.41. The Balaban J connectivity index is 1.83. The Kier molecular flexibility index (Phi) is 10.9. The van der Waals surface area contributed by atoms with Gasteiger partial charge in [-0.05, 0) is 68.5 Å². The van der Waals surface area contributed by atoms with Gasteiger partial charge in [-0.15, -0.1) is 0 Å².